The maximum absolute atomic E-state index is 12.3. The molecule has 1 amide bonds. The number of aromatic nitrogens is 2. The van der Waals surface area contributed by atoms with Crippen LogP contribution in [0.4, 0.5) is 5.82 Å². The van der Waals surface area contributed by atoms with Crippen LogP contribution in [-0.4, -0.2) is 66.6 Å². The number of carbonyl (C=O) groups is 2. The smallest absolute Gasteiger partial charge is 0.306 e. The number of anilines is 1. The van der Waals surface area contributed by atoms with Crippen molar-refractivity contribution in [1.82, 2.24) is 15.1 Å². The van der Waals surface area contributed by atoms with E-state index in [0.29, 0.717) is 38.5 Å². The summed E-state index contributed by atoms with van der Waals surface area (Å²) in [7, 11) is 0. The third kappa shape index (κ3) is 4.45. The van der Waals surface area contributed by atoms with Gasteiger partial charge in [0.25, 0.3) is 0 Å². The minimum absolute atomic E-state index is 0.0213. The van der Waals surface area contributed by atoms with Gasteiger partial charge < -0.3 is 24.0 Å². The number of amides is 1. The summed E-state index contributed by atoms with van der Waals surface area (Å²) in [6.45, 7) is 4.84. The van der Waals surface area contributed by atoms with Crippen molar-refractivity contribution in [2.75, 3.05) is 44.5 Å². The zero-order valence-corrected chi connectivity index (χ0v) is 16.9. The Morgan fingerprint density at radius 2 is 1.80 bits per heavy atom. The van der Waals surface area contributed by atoms with Crippen LogP contribution in [-0.2, 0) is 14.3 Å². The highest BCUT2D eigenvalue weighted by Crippen LogP contribution is 2.35. The molecule has 4 rings (SSSR count). The van der Waals surface area contributed by atoms with Crippen molar-refractivity contribution in [1.29, 1.82) is 0 Å². The maximum atomic E-state index is 12.3. The first kappa shape index (κ1) is 19.9. The predicted molar refractivity (Wildman–Crippen MR) is 108 cm³/mol. The Morgan fingerprint density at radius 1 is 1.00 bits per heavy atom. The van der Waals surface area contributed by atoms with Crippen molar-refractivity contribution in [2.45, 2.75) is 19.8 Å². The number of rotatable bonds is 6. The third-order valence-electron chi connectivity index (χ3n) is 5.12. The van der Waals surface area contributed by atoms with Crippen LogP contribution in [0.3, 0.4) is 0 Å². The highest BCUT2D eigenvalue weighted by molar-refractivity contribution is 5.81. The molecule has 0 unspecified atom stereocenters. The topological polar surface area (TPSA) is 94.1 Å². The summed E-state index contributed by atoms with van der Waals surface area (Å²) in [4.78, 5) is 27.6. The zero-order valence-electron chi connectivity index (χ0n) is 16.9. The summed E-state index contributed by atoms with van der Waals surface area (Å²) < 4.78 is 15.6. The minimum atomic E-state index is -0.331. The number of fused-ring (bicyclic) bond motifs is 1. The van der Waals surface area contributed by atoms with Gasteiger partial charge in [0.1, 0.15) is 0 Å². The summed E-state index contributed by atoms with van der Waals surface area (Å²) in [6.07, 6.45) is 0.308. The lowest BCUT2D eigenvalue weighted by atomic mass is 10.1. The predicted octanol–water partition coefficient (Wildman–Crippen LogP) is 1.86. The molecule has 0 bridgehead atoms. The summed E-state index contributed by atoms with van der Waals surface area (Å²) in [5, 5.41) is 8.71. The van der Waals surface area contributed by atoms with Crippen LogP contribution in [0, 0.1) is 0 Å². The summed E-state index contributed by atoms with van der Waals surface area (Å²) in [6, 6.07) is 9.55. The normalized spacial score (nSPS) is 15.2. The molecule has 1 aromatic carbocycles. The molecule has 1 saturated heterocycles. The van der Waals surface area contributed by atoms with Gasteiger partial charge in [0.05, 0.1) is 18.7 Å². The molecule has 9 nitrogen and oxygen atoms in total. The first-order valence-corrected chi connectivity index (χ1v) is 10.1. The molecule has 2 aliphatic rings. The fourth-order valence-corrected chi connectivity index (χ4v) is 3.49. The molecule has 0 atom stereocenters. The molecule has 1 aromatic heterocycles. The second-order valence-electron chi connectivity index (χ2n) is 7.02. The highest BCUT2D eigenvalue weighted by Gasteiger charge is 2.23. The molecule has 0 spiro atoms. The molecule has 158 valence electrons. The van der Waals surface area contributed by atoms with E-state index in [1.807, 2.05) is 30.3 Å². The van der Waals surface area contributed by atoms with Gasteiger partial charge in [0, 0.05) is 38.2 Å². The molecule has 0 aliphatic carbocycles. The van der Waals surface area contributed by atoms with E-state index in [1.165, 1.54) is 0 Å². The van der Waals surface area contributed by atoms with E-state index < -0.39 is 0 Å². The molecular weight excluding hydrogens is 388 g/mol. The minimum Gasteiger partial charge on any atom is -0.466 e. The van der Waals surface area contributed by atoms with E-state index >= 15 is 0 Å². The van der Waals surface area contributed by atoms with Gasteiger partial charge in [0.15, 0.2) is 17.3 Å². The van der Waals surface area contributed by atoms with Crippen LogP contribution in [0.15, 0.2) is 30.3 Å². The van der Waals surface area contributed by atoms with Crippen molar-refractivity contribution in [3.8, 4) is 22.8 Å². The van der Waals surface area contributed by atoms with E-state index in [1.54, 1.807) is 11.8 Å². The van der Waals surface area contributed by atoms with Gasteiger partial charge in [-0.2, -0.15) is 0 Å². The highest BCUT2D eigenvalue weighted by atomic mass is 16.7. The molecule has 2 aliphatic heterocycles. The first-order chi connectivity index (χ1) is 14.6. The number of nitrogens with zero attached hydrogens (tertiary/aromatic N) is 4. The summed E-state index contributed by atoms with van der Waals surface area (Å²) in [5.41, 5.74) is 1.67. The standard InChI is InChI=1S/C21H24N4O5/c1-2-28-21(27)8-7-20(26)25-11-9-24(10-12-25)19-6-4-16(22-23-19)15-3-5-17-18(13-15)30-14-29-17/h3-6,13H,2,7-12,14H2,1H3. The van der Waals surface area contributed by atoms with E-state index in [4.69, 9.17) is 14.2 Å². The Hall–Kier alpha value is -3.36. The van der Waals surface area contributed by atoms with Crippen molar-refractivity contribution in [3.05, 3.63) is 30.3 Å². The van der Waals surface area contributed by atoms with Gasteiger partial charge in [-0.1, -0.05) is 0 Å². The average molecular weight is 412 g/mol. The number of ether oxygens (including phenoxy) is 3. The SMILES string of the molecule is CCOC(=O)CCC(=O)N1CCN(c2ccc(-c3ccc4c(c3)OCO4)nn2)CC1. The lowest BCUT2D eigenvalue weighted by molar-refractivity contribution is -0.145. The fraction of sp³-hybridized carbons (Fsp3) is 0.429. The van der Waals surface area contributed by atoms with E-state index in [2.05, 4.69) is 15.1 Å². The van der Waals surface area contributed by atoms with Gasteiger partial charge >= 0.3 is 5.97 Å². The number of piperazine rings is 1. The maximum Gasteiger partial charge on any atom is 0.306 e. The van der Waals surface area contributed by atoms with Crippen LogP contribution in [0.5, 0.6) is 11.5 Å². The molecule has 0 N–H and O–H groups in total. The Kier molecular flexibility index (Phi) is 5.97. The van der Waals surface area contributed by atoms with E-state index in [-0.39, 0.29) is 31.5 Å². The summed E-state index contributed by atoms with van der Waals surface area (Å²) in [5.74, 6) is 1.87. The van der Waals surface area contributed by atoms with Crippen LogP contribution in [0.1, 0.15) is 19.8 Å². The first-order valence-electron chi connectivity index (χ1n) is 10.1. The molecule has 0 saturated carbocycles. The monoisotopic (exact) mass is 412 g/mol. The Morgan fingerprint density at radius 3 is 2.53 bits per heavy atom. The van der Waals surface area contributed by atoms with Crippen LogP contribution in [0.2, 0.25) is 0 Å². The van der Waals surface area contributed by atoms with E-state index in [0.717, 1.165) is 22.8 Å². The Bertz CT molecular complexity index is 910. The largest absolute Gasteiger partial charge is 0.466 e. The molecular formula is C21H24N4O5. The molecule has 1 fully saturated rings. The number of esters is 1. The van der Waals surface area contributed by atoms with Crippen LogP contribution in [0.25, 0.3) is 11.3 Å². The number of benzene rings is 1. The van der Waals surface area contributed by atoms with Gasteiger partial charge in [0.2, 0.25) is 12.7 Å². The van der Waals surface area contributed by atoms with Gasteiger partial charge in [-0.3, -0.25) is 9.59 Å². The zero-order chi connectivity index (χ0) is 20.9. The van der Waals surface area contributed by atoms with Crippen LogP contribution >= 0.6 is 0 Å². The van der Waals surface area contributed by atoms with Crippen molar-refractivity contribution < 1.29 is 23.8 Å². The number of hydrogen-bond acceptors (Lipinski definition) is 8. The molecule has 3 heterocycles. The van der Waals surface area contributed by atoms with Gasteiger partial charge in [-0.05, 0) is 37.3 Å². The lowest BCUT2D eigenvalue weighted by Gasteiger charge is -2.35. The second kappa shape index (κ2) is 8.98. The quantitative estimate of drug-likeness (QED) is 0.664. The molecule has 9 heteroatoms. The Balaban J connectivity index is 1.31. The molecule has 2 aromatic rings. The fourth-order valence-electron chi connectivity index (χ4n) is 3.49. The third-order valence-corrected chi connectivity index (χ3v) is 5.12. The van der Waals surface area contributed by atoms with Crippen molar-refractivity contribution in [2.24, 2.45) is 0 Å². The number of hydrogen-bond donors (Lipinski definition) is 0. The van der Waals surface area contributed by atoms with Gasteiger partial charge in [-0.15, -0.1) is 10.2 Å². The van der Waals surface area contributed by atoms with Crippen molar-refractivity contribution in [3.63, 3.8) is 0 Å². The second-order valence-corrected chi connectivity index (χ2v) is 7.02. The van der Waals surface area contributed by atoms with Crippen molar-refractivity contribution >= 4 is 17.7 Å². The van der Waals surface area contributed by atoms with Gasteiger partial charge in [-0.25, -0.2) is 0 Å². The van der Waals surface area contributed by atoms with E-state index in [9.17, 15) is 9.59 Å². The van der Waals surface area contributed by atoms with Crippen LogP contribution < -0.4 is 14.4 Å². The summed E-state index contributed by atoms with van der Waals surface area (Å²) >= 11 is 0. The number of carbonyl (C=O) groups excluding carboxylic acids is 2. The lowest BCUT2D eigenvalue weighted by Crippen LogP contribution is -2.49. The average Bonchev–Trinajstić information content (AvgIpc) is 3.26. The molecule has 0 radical (unpaired) electrons. The molecule has 30 heavy (non-hydrogen) atoms. The Labute approximate surface area is 174 Å².